The third-order valence-electron chi connectivity index (χ3n) is 6.80. The van der Waals surface area contributed by atoms with E-state index in [0.717, 1.165) is 32.5 Å². The molecule has 0 radical (unpaired) electrons. The number of carbonyl (C=O) groups is 1. The van der Waals surface area contributed by atoms with Crippen LogP contribution in [0.15, 0.2) is 54.2 Å². The highest BCUT2D eigenvalue weighted by Gasteiger charge is 2.43. The van der Waals surface area contributed by atoms with Gasteiger partial charge in [0, 0.05) is 37.3 Å². The van der Waals surface area contributed by atoms with Gasteiger partial charge in [0.25, 0.3) is 5.91 Å². The third-order valence-corrected chi connectivity index (χ3v) is 6.80. The second-order valence-electron chi connectivity index (χ2n) is 9.14. The number of piperidine rings is 1. The molecule has 1 aromatic carbocycles. The Morgan fingerprint density at radius 2 is 2.00 bits per heavy atom. The average molecular weight is 469 g/mol. The Hall–Kier alpha value is -2.41. The number of ether oxygens (including phenoxy) is 2. The minimum Gasteiger partial charge on any atom is -0.494 e. The molecule has 0 saturated carbocycles. The van der Waals surface area contributed by atoms with Crippen LogP contribution in [0, 0.1) is 0 Å². The van der Waals surface area contributed by atoms with E-state index in [2.05, 4.69) is 30.9 Å². The smallest absolute Gasteiger partial charge is 0.253 e. The number of benzene rings is 1. The van der Waals surface area contributed by atoms with Crippen LogP contribution in [0.5, 0.6) is 5.75 Å². The van der Waals surface area contributed by atoms with Crippen LogP contribution in [0.2, 0.25) is 0 Å². The molecule has 1 N–H and O–H groups in total. The Labute approximate surface area is 204 Å². The number of carbonyl (C=O) groups excluding carboxylic acids is 1. The molecule has 0 aromatic heterocycles. The van der Waals surface area contributed by atoms with Gasteiger partial charge in [-0.05, 0) is 63.9 Å². The van der Waals surface area contributed by atoms with E-state index in [-0.39, 0.29) is 24.2 Å². The molecule has 34 heavy (non-hydrogen) atoms. The van der Waals surface area contributed by atoms with Crippen LogP contribution >= 0.6 is 0 Å². The molecule has 2 heterocycles. The minimum absolute atomic E-state index is 0.00232. The van der Waals surface area contributed by atoms with E-state index < -0.39 is 0 Å². The maximum Gasteiger partial charge on any atom is 0.253 e. The molecule has 6 nitrogen and oxygen atoms in total. The summed E-state index contributed by atoms with van der Waals surface area (Å²) >= 11 is 0. The average Bonchev–Trinajstić information content (AvgIpc) is 2.86. The number of amides is 1. The molecule has 1 spiro atoms. The molecule has 3 rings (SSSR count). The van der Waals surface area contributed by atoms with Gasteiger partial charge >= 0.3 is 0 Å². The van der Waals surface area contributed by atoms with E-state index in [4.69, 9.17) is 9.47 Å². The van der Waals surface area contributed by atoms with Crippen molar-refractivity contribution < 1.29 is 19.4 Å². The van der Waals surface area contributed by atoms with E-state index in [1.54, 1.807) is 18.2 Å². The number of rotatable bonds is 8. The number of likely N-dealkylation sites (N-methyl/N-ethyl adjacent to an activating group) is 1. The first-order valence-electron chi connectivity index (χ1n) is 12.5. The molecule has 1 unspecified atom stereocenters. The summed E-state index contributed by atoms with van der Waals surface area (Å²) < 4.78 is 12.3. The fourth-order valence-electron chi connectivity index (χ4n) is 4.76. The van der Waals surface area contributed by atoms with Gasteiger partial charge in [-0.25, -0.2) is 0 Å². The number of allylic oxidation sites excluding steroid dienone is 5. The Morgan fingerprint density at radius 3 is 2.65 bits per heavy atom. The van der Waals surface area contributed by atoms with Crippen LogP contribution in [-0.2, 0) is 11.3 Å². The van der Waals surface area contributed by atoms with Crippen molar-refractivity contribution in [3.8, 4) is 5.75 Å². The largest absolute Gasteiger partial charge is 0.494 e. The van der Waals surface area contributed by atoms with Gasteiger partial charge in [0.2, 0.25) is 0 Å². The normalized spacial score (nSPS) is 21.6. The number of aliphatic hydroxyl groups is 1. The van der Waals surface area contributed by atoms with Crippen LogP contribution in [0.25, 0.3) is 0 Å². The first-order chi connectivity index (χ1) is 16.4. The predicted octanol–water partition coefficient (Wildman–Crippen LogP) is 4.35. The van der Waals surface area contributed by atoms with Crippen LogP contribution in [-0.4, -0.2) is 71.8 Å². The molecule has 0 bridgehead atoms. The third kappa shape index (κ3) is 6.38. The number of morpholine rings is 1. The number of aliphatic hydroxyl groups excluding tert-OH is 1. The number of hydrogen-bond acceptors (Lipinski definition) is 5. The van der Waals surface area contributed by atoms with Gasteiger partial charge in [-0.2, -0.15) is 0 Å². The van der Waals surface area contributed by atoms with Crippen molar-refractivity contribution >= 4 is 5.91 Å². The summed E-state index contributed by atoms with van der Waals surface area (Å²) in [5, 5.41) is 9.69. The fraction of sp³-hybridized carbons (Fsp3) is 0.536. The van der Waals surface area contributed by atoms with Crippen molar-refractivity contribution in [3.63, 3.8) is 0 Å². The summed E-state index contributed by atoms with van der Waals surface area (Å²) in [5.41, 5.74) is 2.23. The summed E-state index contributed by atoms with van der Waals surface area (Å²) in [6.07, 6.45) is 12.0. The fourth-order valence-corrected chi connectivity index (χ4v) is 4.76. The summed E-state index contributed by atoms with van der Waals surface area (Å²) in [5.74, 6) is 0.627. The first kappa shape index (κ1) is 26.2. The molecule has 1 amide bonds. The lowest BCUT2D eigenvalue weighted by Crippen LogP contribution is -2.60. The van der Waals surface area contributed by atoms with Crippen LogP contribution in [0.3, 0.4) is 0 Å². The highest BCUT2D eigenvalue weighted by atomic mass is 16.5. The van der Waals surface area contributed by atoms with Crippen molar-refractivity contribution in [2.75, 3.05) is 39.3 Å². The second-order valence-corrected chi connectivity index (χ2v) is 9.14. The number of hydrogen-bond donors (Lipinski definition) is 1. The zero-order valence-corrected chi connectivity index (χ0v) is 21.1. The summed E-state index contributed by atoms with van der Waals surface area (Å²) in [6, 6.07) is 5.32. The standard InChI is InChI=1S/C28H40N2O4/c1-5-8-9-10-11-22(4)26-19-29(6-2)21-28(34-26)14-16-30(17-15-28)27(32)23-12-13-25(33-7-3)24(18-23)20-31/h5,8-13,18,26,31H,6-7,14-17,19-21H2,1-4H3/b8-5-,10-9-,22-11+. The molecule has 2 aliphatic rings. The van der Waals surface area contributed by atoms with Crippen molar-refractivity contribution in [1.82, 2.24) is 9.80 Å². The van der Waals surface area contributed by atoms with E-state index in [9.17, 15) is 9.90 Å². The van der Waals surface area contributed by atoms with Crippen molar-refractivity contribution in [3.05, 3.63) is 65.3 Å². The quantitative estimate of drug-likeness (QED) is 0.575. The lowest BCUT2D eigenvalue weighted by molar-refractivity contribution is -0.160. The minimum atomic E-state index is -0.229. The van der Waals surface area contributed by atoms with Crippen LogP contribution < -0.4 is 4.74 Å². The Morgan fingerprint density at radius 1 is 1.24 bits per heavy atom. The van der Waals surface area contributed by atoms with E-state index in [1.165, 1.54) is 5.57 Å². The Bertz CT molecular complexity index is 913. The molecular formula is C28H40N2O4. The number of likely N-dealkylation sites (tertiary alicyclic amines) is 1. The van der Waals surface area contributed by atoms with Gasteiger partial charge in [-0.15, -0.1) is 0 Å². The Balaban J connectivity index is 1.68. The molecule has 186 valence electrons. The lowest BCUT2D eigenvalue weighted by atomic mass is 9.87. The second kappa shape index (κ2) is 12.3. The topological polar surface area (TPSA) is 62.2 Å². The summed E-state index contributed by atoms with van der Waals surface area (Å²) in [4.78, 5) is 17.6. The van der Waals surface area contributed by atoms with Gasteiger partial charge in [0.1, 0.15) is 5.75 Å². The van der Waals surface area contributed by atoms with Gasteiger partial charge in [0.15, 0.2) is 0 Å². The van der Waals surface area contributed by atoms with Gasteiger partial charge in [0.05, 0.1) is 24.9 Å². The molecule has 1 atom stereocenters. The highest BCUT2D eigenvalue weighted by molar-refractivity contribution is 5.94. The summed E-state index contributed by atoms with van der Waals surface area (Å²) in [7, 11) is 0. The molecule has 2 aliphatic heterocycles. The van der Waals surface area contributed by atoms with E-state index >= 15 is 0 Å². The van der Waals surface area contributed by atoms with Crippen LogP contribution in [0.1, 0.15) is 56.5 Å². The monoisotopic (exact) mass is 468 g/mol. The zero-order chi connectivity index (χ0) is 24.6. The van der Waals surface area contributed by atoms with Crippen LogP contribution in [0.4, 0.5) is 0 Å². The van der Waals surface area contributed by atoms with Crippen molar-refractivity contribution in [2.24, 2.45) is 0 Å². The van der Waals surface area contributed by atoms with Crippen molar-refractivity contribution in [1.29, 1.82) is 0 Å². The highest BCUT2D eigenvalue weighted by Crippen LogP contribution is 2.35. The molecule has 1 aromatic rings. The lowest BCUT2D eigenvalue weighted by Gasteiger charge is -2.50. The van der Waals surface area contributed by atoms with Gasteiger partial charge in [-0.1, -0.05) is 37.3 Å². The maximum absolute atomic E-state index is 13.2. The molecule has 2 saturated heterocycles. The first-order valence-corrected chi connectivity index (χ1v) is 12.5. The SMILES string of the molecule is C\C=C/C=C\C=C(/C)C1CN(CC)CC2(CCN(C(=O)c3ccc(OCC)c(CO)c3)CC2)O1. The number of nitrogens with zero attached hydrogens (tertiary/aromatic N) is 2. The molecule has 6 heteroatoms. The van der Waals surface area contributed by atoms with Gasteiger partial charge in [-0.3, -0.25) is 9.69 Å². The van der Waals surface area contributed by atoms with Crippen molar-refractivity contribution in [2.45, 2.75) is 58.8 Å². The molecule has 0 aliphatic carbocycles. The zero-order valence-electron chi connectivity index (χ0n) is 21.1. The Kier molecular flexibility index (Phi) is 9.51. The van der Waals surface area contributed by atoms with E-state index in [1.807, 2.05) is 37.0 Å². The predicted molar refractivity (Wildman–Crippen MR) is 136 cm³/mol. The molecule has 2 fully saturated rings. The molecular weight excluding hydrogens is 428 g/mol. The van der Waals surface area contributed by atoms with Gasteiger partial charge < -0.3 is 19.5 Å². The van der Waals surface area contributed by atoms with E-state index in [0.29, 0.717) is 36.6 Å². The maximum atomic E-state index is 13.2. The summed E-state index contributed by atoms with van der Waals surface area (Å²) in [6.45, 7) is 12.7.